The van der Waals surface area contributed by atoms with Gasteiger partial charge in [-0.2, -0.15) is 4.39 Å². The van der Waals surface area contributed by atoms with Crippen molar-refractivity contribution in [1.29, 1.82) is 0 Å². The molecule has 1 fully saturated rings. The Morgan fingerprint density at radius 1 is 1.29 bits per heavy atom. The number of halogens is 3. The highest BCUT2D eigenvalue weighted by atomic mass is 19.2. The average molecular weight is 202 g/mol. The van der Waals surface area contributed by atoms with E-state index in [9.17, 15) is 13.2 Å². The lowest BCUT2D eigenvalue weighted by atomic mass is 10.1. The maximum absolute atomic E-state index is 13.2. The van der Waals surface area contributed by atoms with Crippen molar-refractivity contribution in [2.75, 3.05) is 6.54 Å². The second kappa shape index (κ2) is 3.57. The van der Waals surface area contributed by atoms with E-state index in [1.54, 1.807) is 0 Å². The Hall–Kier alpha value is -1.10. The van der Waals surface area contributed by atoms with E-state index < -0.39 is 17.6 Å². The van der Waals surface area contributed by atoms with Crippen LogP contribution >= 0.6 is 0 Å². The summed E-state index contributed by atoms with van der Waals surface area (Å²) in [4.78, 5) is 3.28. The Bertz CT molecular complexity index is 348. The van der Waals surface area contributed by atoms with Gasteiger partial charge in [0.15, 0.2) is 5.82 Å². The maximum Gasteiger partial charge on any atom is 0.249 e. The van der Waals surface area contributed by atoms with Crippen LogP contribution < -0.4 is 5.32 Å². The number of aromatic nitrogens is 1. The van der Waals surface area contributed by atoms with Gasteiger partial charge in [0.25, 0.3) is 0 Å². The van der Waals surface area contributed by atoms with E-state index in [4.69, 9.17) is 0 Å². The van der Waals surface area contributed by atoms with E-state index in [0.29, 0.717) is 12.5 Å². The molecule has 1 aromatic rings. The lowest BCUT2D eigenvalue weighted by Gasteiger charge is -2.10. The van der Waals surface area contributed by atoms with Gasteiger partial charge in [-0.15, -0.1) is 0 Å². The van der Waals surface area contributed by atoms with Crippen LogP contribution in [0.25, 0.3) is 0 Å². The molecule has 0 saturated carbocycles. The third-order valence-corrected chi connectivity index (χ3v) is 2.30. The van der Waals surface area contributed by atoms with Crippen LogP contribution in [0.1, 0.15) is 24.6 Å². The minimum atomic E-state index is -1.25. The Balaban J connectivity index is 2.37. The van der Waals surface area contributed by atoms with Crippen LogP contribution in [0, 0.1) is 17.6 Å². The van der Waals surface area contributed by atoms with Crippen molar-refractivity contribution in [2.24, 2.45) is 0 Å². The summed E-state index contributed by atoms with van der Waals surface area (Å²) in [5.41, 5.74) is -0.0265. The van der Waals surface area contributed by atoms with Crippen molar-refractivity contribution in [2.45, 2.75) is 18.9 Å². The first-order valence-corrected chi connectivity index (χ1v) is 4.43. The Labute approximate surface area is 79.2 Å². The lowest BCUT2D eigenvalue weighted by Crippen LogP contribution is -2.17. The van der Waals surface area contributed by atoms with Crippen molar-refractivity contribution in [3.05, 3.63) is 29.3 Å². The number of nitrogens with zero attached hydrogens (tertiary/aromatic N) is 1. The molecule has 5 heteroatoms. The third-order valence-electron chi connectivity index (χ3n) is 2.30. The highest BCUT2D eigenvalue weighted by molar-refractivity contribution is 5.14. The summed E-state index contributed by atoms with van der Waals surface area (Å²) in [6, 6.07) is 0.252. The second-order valence-electron chi connectivity index (χ2n) is 3.28. The largest absolute Gasteiger partial charge is 0.309 e. The van der Waals surface area contributed by atoms with Crippen LogP contribution in [0.5, 0.6) is 0 Å². The molecule has 0 unspecified atom stereocenters. The molecule has 1 N–H and O–H groups in total. The smallest absolute Gasteiger partial charge is 0.249 e. The molecule has 1 saturated heterocycles. The molecular weight excluding hydrogens is 193 g/mol. The zero-order valence-electron chi connectivity index (χ0n) is 7.36. The van der Waals surface area contributed by atoms with Crippen LogP contribution in [0.2, 0.25) is 0 Å². The fraction of sp³-hybridized carbons (Fsp3) is 0.444. The van der Waals surface area contributed by atoms with Gasteiger partial charge in [-0.1, -0.05) is 0 Å². The third kappa shape index (κ3) is 1.59. The molecule has 0 amide bonds. The molecule has 1 aromatic heterocycles. The Morgan fingerprint density at radius 2 is 2.07 bits per heavy atom. The quantitative estimate of drug-likeness (QED) is 0.704. The molecular formula is C9H9F3N2. The molecule has 0 spiro atoms. The first-order chi connectivity index (χ1) is 6.68. The second-order valence-corrected chi connectivity index (χ2v) is 3.28. The van der Waals surface area contributed by atoms with Gasteiger partial charge in [0.1, 0.15) is 5.82 Å². The minimum Gasteiger partial charge on any atom is -0.309 e. The number of pyridine rings is 1. The topological polar surface area (TPSA) is 24.9 Å². The molecule has 0 bridgehead atoms. The van der Waals surface area contributed by atoms with Crippen LogP contribution in [-0.4, -0.2) is 11.5 Å². The Morgan fingerprint density at radius 3 is 2.71 bits per heavy atom. The van der Waals surface area contributed by atoms with Crippen LogP contribution in [0.3, 0.4) is 0 Å². The number of rotatable bonds is 1. The zero-order valence-corrected chi connectivity index (χ0v) is 7.36. The molecule has 0 aromatic carbocycles. The number of hydrogen-bond acceptors (Lipinski definition) is 2. The molecule has 2 heterocycles. The van der Waals surface area contributed by atoms with E-state index in [-0.39, 0.29) is 11.7 Å². The van der Waals surface area contributed by atoms with Crippen molar-refractivity contribution >= 4 is 0 Å². The summed E-state index contributed by atoms with van der Waals surface area (Å²) in [7, 11) is 0. The molecule has 1 aliphatic rings. The summed E-state index contributed by atoms with van der Waals surface area (Å²) in [5.74, 6) is -3.28. The molecule has 1 aliphatic heterocycles. The molecule has 1 atom stereocenters. The molecule has 2 rings (SSSR count). The average Bonchev–Trinajstić information content (AvgIpc) is 2.64. The standard InChI is InChI=1S/C9H9F3N2/c10-5-4-6(11)9(12)14-8(5)7-2-1-3-13-7/h4,7,13H,1-3H2/t7-/m0/s1. The van der Waals surface area contributed by atoms with Gasteiger partial charge in [0, 0.05) is 6.07 Å². The first-order valence-electron chi connectivity index (χ1n) is 4.43. The molecule has 0 aliphatic carbocycles. The van der Waals surface area contributed by atoms with Crippen LogP contribution in [-0.2, 0) is 0 Å². The van der Waals surface area contributed by atoms with E-state index in [1.165, 1.54) is 0 Å². The predicted octanol–water partition coefficient (Wildman–Crippen LogP) is 1.92. The summed E-state index contributed by atoms with van der Waals surface area (Å²) in [6.07, 6.45) is 1.60. The molecule has 76 valence electrons. The van der Waals surface area contributed by atoms with E-state index in [0.717, 1.165) is 13.0 Å². The highest BCUT2D eigenvalue weighted by Gasteiger charge is 2.23. The van der Waals surface area contributed by atoms with Gasteiger partial charge >= 0.3 is 0 Å². The number of nitrogens with one attached hydrogen (secondary N) is 1. The number of hydrogen-bond donors (Lipinski definition) is 1. The normalized spacial score (nSPS) is 21.5. The van der Waals surface area contributed by atoms with Crippen molar-refractivity contribution < 1.29 is 13.2 Å². The van der Waals surface area contributed by atoms with Crippen LogP contribution in [0.4, 0.5) is 13.2 Å². The van der Waals surface area contributed by atoms with E-state index in [1.807, 2.05) is 0 Å². The summed E-state index contributed by atoms with van der Waals surface area (Å²) >= 11 is 0. The molecule has 2 nitrogen and oxygen atoms in total. The lowest BCUT2D eigenvalue weighted by molar-refractivity contribution is 0.442. The van der Waals surface area contributed by atoms with Gasteiger partial charge in [-0.05, 0) is 19.4 Å². The van der Waals surface area contributed by atoms with Crippen LogP contribution in [0.15, 0.2) is 6.07 Å². The summed E-state index contributed by atoms with van der Waals surface area (Å²) in [6.45, 7) is 0.755. The van der Waals surface area contributed by atoms with Gasteiger partial charge in [0.2, 0.25) is 5.95 Å². The predicted molar refractivity (Wildman–Crippen MR) is 44.1 cm³/mol. The fourth-order valence-electron chi connectivity index (χ4n) is 1.62. The Kier molecular flexibility index (Phi) is 2.41. The summed E-state index contributed by atoms with van der Waals surface area (Å²) in [5, 5.41) is 2.97. The van der Waals surface area contributed by atoms with Gasteiger partial charge in [-0.25, -0.2) is 13.8 Å². The zero-order chi connectivity index (χ0) is 10.1. The fourth-order valence-corrected chi connectivity index (χ4v) is 1.62. The van der Waals surface area contributed by atoms with Crippen molar-refractivity contribution in [3.63, 3.8) is 0 Å². The van der Waals surface area contributed by atoms with Crippen molar-refractivity contribution in [3.8, 4) is 0 Å². The summed E-state index contributed by atoms with van der Waals surface area (Å²) < 4.78 is 38.5. The van der Waals surface area contributed by atoms with E-state index >= 15 is 0 Å². The van der Waals surface area contributed by atoms with Crippen molar-refractivity contribution in [1.82, 2.24) is 10.3 Å². The molecule has 14 heavy (non-hydrogen) atoms. The SMILES string of the molecule is Fc1cc(F)c([C@@H]2CCCN2)nc1F. The monoisotopic (exact) mass is 202 g/mol. The first kappa shape index (κ1) is 9.45. The van der Waals surface area contributed by atoms with Gasteiger partial charge in [-0.3, -0.25) is 0 Å². The van der Waals surface area contributed by atoms with Gasteiger partial charge in [0.05, 0.1) is 11.7 Å². The highest BCUT2D eigenvalue weighted by Crippen LogP contribution is 2.24. The molecule has 0 radical (unpaired) electrons. The maximum atomic E-state index is 13.2. The van der Waals surface area contributed by atoms with Gasteiger partial charge < -0.3 is 5.32 Å². The van der Waals surface area contributed by atoms with E-state index in [2.05, 4.69) is 10.3 Å². The minimum absolute atomic E-state index is 0.0265.